The Kier molecular flexibility index (Phi) is 4.73. The lowest BCUT2D eigenvalue weighted by Crippen LogP contribution is -1.98. The van der Waals surface area contributed by atoms with Gasteiger partial charge in [0.15, 0.2) is 16.8 Å². The van der Waals surface area contributed by atoms with Crippen LogP contribution in [0.4, 0.5) is 0 Å². The average Bonchev–Trinajstić information content (AvgIpc) is 3.14. The van der Waals surface area contributed by atoms with Crippen molar-refractivity contribution in [3.8, 4) is 0 Å². The number of thioether (sulfide) groups is 1. The largest absolute Gasteiger partial charge is 0.388 e. The minimum atomic E-state index is -0.132. The molecule has 0 unspecified atom stereocenters. The summed E-state index contributed by atoms with van der Waals surface area (Å²) in [6, 6.07) is 8.14. The van der Waals surface area contributed by atoms with Crippen molar-refractivity contribution in [2.75, 3.05) is 0 Å². The van der Waals surface area contributed by atoms with E-state index in [2.05, 4.69) is 39.4 Å². The molecule has 0 atom stereocenters. The number of aliphatic hydroxyl groups excluding tert-OH is 1. The number of benzene rings is 1. The molecule has 0 spiro atoms. The number of rotatable bonds is 6. The molecule has 0 aliphatic carbocycles. The van der Waals surface area contributed by atoms with E-state index in [4.69, 9.17) is 9.63 Å². The Hall–Kier alpha value is -2.19. The fourth-order valence-corrected chi connectivity index (χ4v) is 2.90. The smallest absolute Gasteiger partial charge is 0.231 e. The molecule has 0 bridgehead atoms. The minimum Gasteiger partial charge on any atom is -0.388 e. The highest BCUT2D eigenvalue weighted by Crippen LogP contribution is 2.20. The molecule has 120 valence electrons. The molecule has 3 aromatic rings. The van der Waals surface area contributed by atoms with E-state index < -0.39 is 0 Å². The van der Waals surface area contributed by atoms with Crippen LogP contribution in [0.15, 0.2) is 33.9 Å². The maximum absolute atomic E-state index is 9.11. The molecule has 8 heteroatoms. The monoisotopic (exact) mass is 331 g/mol. The van der Waals surface area contributed by atoms with Gasteiger partial charge in [-0.3, -0.25) is 0 Å². The van der Waals surface area contributed by atoms with E-state index in [-0.39, 0.29) is 6.61 Å². The lowest BCUT2D eigenvalue weighted by molar-refractivity contribution is 0.266. The summed E-state index contributed by atoms with van der Waals surface area (Å²) in [6.45, 7) is 1.93. The molecule has 7 nitrogen and oxygen atoms in total. The third kappa shape index (κ3) is 3.59. The molecule has 1 aromatic carbocycles. The molecule has 1 N–H and O–H groups in total. The van der Waals surface area contributed by atoms with E-state index in [0.717, 1.165) is 0 Å². The van der Waals surface area contributed by atoms with Crippen molar-refractivity contribution in [1.82, 2.24) is 24.9 Å². The first-order valence-electron chi connectivity index (χ1n) is 7.15. The van der Waals surface area contributed by atoms with Crippen molar-refractivity contribution in [2.45, 2.75) is 30.9 Å². The normalized spacial score (nSPS) is 11.1. The van der Waals surface area contributed by atoms with Gasteiger partial charge in [-0.15, -0.1) is 10.2 Å². The zero-order valence-corrected chi connectivity index (χ0v) is 13.7. The first-order chi connectivity index (χ1) is 11.2. The number of hydrogen-bond donors (Lipinski definition) is 1. The van der Waals surface area contributed by atoms with Crippen molar-refractivity contribution in [3.63, 3.8) is 0 Å². The van der Waals surface area contributed by atoms with Crippen LogP contribution in [0.5, 0.6) is 0 Å². The Bertz CT molecular complexity index is 799. The van der Waals surface area contributed by atoms with Crippen LogP contribution in [-0.2, 0) is 25.8 Å². The summed E-state index contributed by atoms with van der Waals surface area (Å²) < 4.78 is 7.06. The van der Waals surface area contributed by atoms with Gasteiger partial charge in [0.2, 0.25) is 5.89 Å². The number of aliphatic hydroxyl groups is 1. The van der Waals surface area contributed by atoms with E-state index in [1.165, 1.54) is 22.9 Å². The number of hydrogen-bond acceptors (Lipinski definition) is 7. The van der Waals surface area contributed by atoms with E-state index in [0.29, 0.717) is 34.9 Å². The molecule has 2 heterocycles. The van der Waals surface area contributed by atoms with Gasteiger partial charge < -0.3 is 14.2 Å². The van der Waals surface area contributed by atoms with Gasteiger partial charge >= 0.3 is 0 Å². The highest BCUT2D eigenvalue weighted by atomic mass is 32.2. The summed E-state index contributed by atoms with van der Waals surface area (Å²) >= 11 is 1.45. The predicted octanol–water partition coefficient (Wildman–Crippen LogP) is 1.88. The Labute approximate surface area is 137 Å². The van der Waals surface area contributed by atoms with Crippen LogP contribution in [0.1, 0.15) is 28.7 Å². The first-order valence-corrected chi connectivity index (χ1v) is 8.14. The van der Waals surface area contributed by atoms with Crippen LogP contribution in [0.2, 0.25) is 0 Å². The molecule has 0 aliphatic rings. The van der Waals surface area contributed by atoms with Crippen LogP contribution >= 0.6 is 11.8 Å². The maximum atomic E-state index is 9.11. The van der Waals surface area contributed by atoms with Gasteiger partial charge in [-0.05, 0) is 18.1 Å². The topological polar surface area (TPSA) is 89.9 Å². The van der Waals surface area contributed by atoms with Crippen molar-refractivity contribution in [3.05, 3.63) is 52.9 Å². The number of nitrogens with zero attached hydrogens (tertiary/aromatic N) is 5. The Morgan fingerprint density at radius 3 is 2.83 bits per heavy atom. The van der Waals surface area contributed by atoms with Crippen LogP contribution < -0.4 is 0 Å². The van der Waals surface area contributed by atoms with Crippen LogP contribution in [0.3, 0.4) is 0 Å². The predicted molar refractivity (Wildman–Crippen MR) is 84.8 cm³/mol. The molecule has 23 heavy (non-hydrogen) atoms. The molecule has 0 saturated heterocycles. The lowest BCUT2D eigenvalue weighted by Gasteiger charge is -2.00. The van der Waals surface area contributed by atoms with Gasteiger partial charge in [0, 0.05) is 7.05 Å². The summed E-state index contributed by atoms with van der Waals surface area (Å²) in [4.78, 5) is 4.41. The Morgan fingerprint density at radius 1 is 1.26 bits per heavy atom. The van der Waals surface area contributed by atoms with E-state index >= 15 is 0 Å². The minimum absolute atomic E-state index is 0.132. The van der Waals surface area contributed by atoms with E-state index in [1.54, 1.807) is 4.57 Å². The molecular formula is C15H17N5O2S. The van der Waals surface area contributed by atoms with Crippen LogP contribution in [0, 0.1) is 6.92 Å². The summed E-state index contributed by atoms with van der Waals surface area (Å²) in [7, 11) is 1.81. The third-order valence-corrected chi connectivity index (χ3v) is 4.53. The quantitative estimate of drug-likeness (QED) is 0.690. The molecule has 3 rings (SSSR count). The van der Waals surface area contributed by atoms with Crippen molar-refractivity contribution in [2.24, 2.45) is 7.05 Å². The van der Waals surface area contributed by atoms with Crippen LogP contribution in [0.25, 0.3) is 0 Å². The summed E-state index contributed by atoms with van der Waals surface area (Å²) in [5.41, 5.74) is 2.38. The second-order valence-electron chi connectivity index (χ2n) is 5.11. The molecule has 0 saturated carbocycles. The van der Waals surface area contributed by atoms with Crippen molar-refractivity contribution < 1.29 is 9.63 Å². The number of aromatic nitrogens is 5. The standard InChI is InChI=1S/C15H17N5O2S/c1-10-5-3-4-6-11(10)7-14-16-12(19-22-14)9-23-15-18-17-13(8-21)20(15)2/h3-6,21H,7-9H2,1-2H3. The molecular weight excluding hydrogens is 314 g/mol. The lowest BCUT2D eigenvalue weighted by atomic mass is 10.1. The van der Waals surface area contributed by atoms with Gasteiger partial charge in [-0.1, -0.05) is 41.2 Å². The van der Waals surface area contributed by atoms with E-state index in [1.807, 2.05) is 19.2 Å². The average molecular weight is 331 g/mol. The van der Waals surface area contributed by atoms with Gasteiger partial charge in [0.25, 0.3) is 0 Å². The van der Waals surface area contributed by atoms with E-state index in [9.17, 15) is 0 Å². The summed E-state index contributed by atoms with van der Waals surface area (Å²) in [6.07, 6.45) is 0.628. The zero-order valence-electron chi connectivity index (χ0n) is 12.9. The highest BCUT2D eigenvalue weighted by Gasteiger charge is 2.12. The van der Waals surface area contributed by atoms with Gasteiger partial charge in [-0.25, -0.2) is 0 Å². The molecule has 2 aromatic heterocycles. The molecule has 0 radical (unpaired) electrons. The van der Waals surface area contributed by atoms with Gasteiger partial charge in [-0.2, -0.15) is 4.98 Å². The van der Waals surface area contributed by atoms with Crippen molar-refractivity contribution in [1.29, 1.82) is 0 Å². The summed E-state index contributed by atoms with van der Waals surface area (Å²) in [5.74, 6) is 2.28. The van der Waals surface area contributed by atoms with Gasteiger partial charge in [0.1, 0.15) is 6.61 Å². The fraction of sp³-hybridized carbons (Fsp3) is 0.333. The molecule has 0 amide bonds. The zero-order chi connectivity index (χ0) is 16.2. The Morgan fingerprint density at radius 2 is 2.09 bits per heavy atom. The van der Waals surface area contributed by atoms with Crippen LogP contribution in [-0.4, -0.2) is 30.0 Å². The third-order valence-electron chi connectivity index (χ3n) is 3.51. The summed E-state index contributed by atoms with van der Waals surface area (Å²) in [5, 5.41) is 21.7. The Balaban J connectivity index is 1.63. The first kappa shape index (κ1) is 15.7. The fourth-order valence-electron chi connectivity index (χ4n) is 2.13. The SMILES string of the molecule is Cc1ccccc1Cc1nc(CSc2nnc(CO)n2C)no1. The van der Waals surface area contributed by atoms with Crippen molar-refractivity contribution >= 4 is 11.8 Å². The molecule has 0 aliphatic heterocycles. The highest BCUT2D eigenvalue weighted by molar-refractivity contribution is 7.98. The molecule has 0 fully saturated rings. The second-order valence-corrected chi connectivity index (χ2v) is 6.05. The second kappa shape index (κ2) is 6.93. The number of aryl methyl sites for hydroxylation is 1. The maximum Gasteiger partial charge on any atom is 0.231 e. The van der Waals surface area contributed by atoms with Gasteiger partial charge in [0.05, 0.1) is 12.2 Å².